The van der Waals surface area contributed by atoms with Gasteiger partial charge >= 0.3 is 0 Å². The van der Waals surface area contributed by atoms with Crippen LogP contribution in [0.4, 0.5) is 11.4 Å². The fraction of sp³-hybridized carbons (Fsp3) is 0.611. The number of benzene rings is 1. The Labute approximate surface area is 133 Å². The van der Waals surface area contributed by atoms with Crippen molar-refractivity contribution < 1.29 is 4.79 Å². The third-order valence-electron chi connectivity index (χ3n) is 4.89. The molecule has 0 bridgehead atoms. The Morgan fingerprint density at radius 3 is 2.77 bits per heavy atom. The van der Waals surface area contributed by atoms with E-state index in [4.69, 9.17) is 0 Å². The van der Waals surface area contributed by atoms with E-state index in [1.54, 1.807) is 0 Å². The Morgan fingerprint density at radius 1 is 1.27 bits per heavy atom. The van der Waals surface area contributed by atoms with Gasteiger partial charge in [0.15, 0.2) is 0 Å². The van der Waals surface area contributed by atoms with E-state index in [1.807, 2.05) is 11.0 Å². The summed E-state index contributed by atoms with van der Waals surface area (Å²) >= 11 is 0. The number of carbonyl (C=O) groups is 1. The number of fused-ring (bicyclic) bond motifs is 1. The highest BCUT2D eigenvalue weighted by molar-refractivity contribution is 5.97. The van der Waals surface area contributed by atoms with Gasteiger partial charge in [-0.3, -0.25) is 4.79 Å². The summed E-state index contributed by atoms with van der Waals surface area (Å²) in [5.41, 5.74) is 2.24. The van der Waals surface area contributed by atoms with Crippen LogP contribution in [0.15, 0.2) is 24.3 Å². The van der Waals surface area contributed by atoms with Crippen molar-refractivity contribution in [2.24, 2.45) is 11.8 Å². The largest absolute Gasteiger partial charge is 0.373 e. The molecule has 2 atom stereocenters. The molecule has 0 aliphatic carbocycles. The van der Waals surface area contributed by atoms with Crippen LogP contribution in [0.25, 0.3) is 0 Å². The summed E-state index contributed by atoms with van der Waals surface area (Å²) in [5, 5.41) is 3.38. The molecule has 4 heteroatoms. The predicted octanol–water partition coefficient (Wildman–Crippen LogP) is 2.50. The highest BCUT2D eigenvalue weighted by Gasteiger charge is 2.27. The van der Waals surface area contributed by atoms with Gasteiger partial charge in [-0.1, -0.05) is 19.1 Å². The van der Waals surface area contributed by atoms with E-state index in [0.717, 1.165) is 38.3 Å². The fourth-order valence-corrected chi connectivity index (χ4v) is 3.71. The van der Waals surface area contributed by atoms with Crippen LogP contribution in [0.1, 0.15) is 26.2 Å². The second kappa shape index (κ2) is 6.69. The smallest absolute Gasteiger partial charge is 0.227 e. The van der Waals surface area contributed by atoms with Crippen molar-refractivity contribution in [3.63, 3.8) is 0 Å². The maximum atomic E-state index is 12.8. The third kappa shape index (κ3) is 3.27. The third-order valence-corrected chi connectivity index (χ3v) is 4.89. The van der Waals surface area contributed by atoms with Crippen LogP contribution in [0, 0.1) is 11.8 Å². The molecule has 0 radical (unpaired) electrons. The highest BCUT2D eigenvalue weighted by atomic mass is 16.2. The lowest BCUT2D eigenvalue weighted by Crippen LogP contribution is -2.35. The summed E-state index contributed by atoms with van der Waals surface area (Å²) < 4.78 is 0. The number of hydrogen-bond donors (Lipinski definition) is 1. The first kappa shape index (κ1) is 15.3. The summed E-state index contributed by atoms with van der Waals surface area (Å²) in [6.45, 7) is 6.22. The second-order valence-corrected chi connectivity index (χ2v) is 6.88. The number of rotatable bonds is 3. The van der Waals surface area contributed by atoms with Crippen LogP contribution in [0.3, 0.4) is 0 Å². The first-order valence-electron chi connectivity index (χ1n) is 8.46. The van der Waals surface area contributed by atoms with Crippen molar-refractivity contribution in [3.8, 4) is 0 Å². The Bertz CT molecular complexity index is 525. The Hall–Kier alpha value is -1.55. The minimum Gasteiger partial charge on any atom is -0.373 e. The average Bonchev–Trinajstić information content (AvgIpc) is 2.99. The molecular weight excluding hydrogens is 274 g/mol. The topological polar surface area (TPSA) is 35.6 Å². The molecule has 120 valence electrons. The van der Waals surface area contributed by atoms with E-state index in [0.29, 0.717) is 18.3 Å². The van der Waals surface area contributed by atoms with Gasteiger partial charge in [-0.2, -0.15) is 0 Å². The molecule has 1 fully saturated rings. The monoisotopic (exact) mass is 301 g/mol. The summed E-state index contributed by atoms with van der Waals surface area (Å²) in [6, 6.07) is 8.29. The standard InChI is InChI=1S/C18H27N3O/c1-14-12-20(2)16-5-3-4-6-17(16)21(13-14)18(22)8-7-15-9-10-19-11-15/h3-6,14-15,19H,7-13H2,1-2H3. The molecule has 1 aromatic carbocycles. The first-order chi connectivity index (χ1) is 10.6. The summed E-state index contributed by atoms with van der Waals surface area (Å²) in [4.78, 5) is 17.1. The number of para-hydroxylation sites is 2. The van der Waals surface area contributed by atoms with Crippen molar-refractivity contribution in [1.82, 2.24) is 5.32 Å². The molecule has 2 aliphatic rings. The number of nitrogens with zero attached hydrogens (tertiary/aromatic N) is 2. The van der Waals surface area contributed by atoms with Crippen molar-refractivity contribution in [3.05, 3.63) is 24.3 Å². The summed E-state index contributed by atoms with van der Waals surface area (Å²) in [5.74, 6) is 1.43. The first-order valence-corrected chi connectivity index (χ1v) is 8.46. The van der Waals surface area contributed by atoms with Crippen LogP contribution in [-0.2, 0) is 4.79 Å². The van der Waals surface area contributed by atoms with Crippen molar-refractivity contribution in [2.45, 2.75) is 26.2 Å². The Kier molecular flexibility index (Phi) is 4.67. The van der Waals surface area contributed by atoms with Gasteiger partial charge in [0.1, 0.15) is 0 Å². The molecule has 1 saturated heterocycles. The van der Waals surface area contributed by atoms with Crippen molar-refractivity contribution >= 4 is 17.3 Å². The van der Waals surface area contributed by atoms with Crippen molar-refractivity contribution in [2.75, 3.05) is 43.0 Å². The zero-order valence-electron chi connectivity index (χ0n) is 13.7. The van der Waals surface area contributed by atoms with E-state index < -0.39 is 0 Å². The van der Waals surface area contributed by atoms with Gasteiger partial charge in [0, 0.05) is 26.6 Å². The van der Waals surface area contributed by atoms with Gasteiger partial charge in [-0.05, 0) is 49.9 Å². The molecule has 3 rings (SSSR count). The molecule has 1 aromatic rings. The van der Waals surface area contributed by atoms with Gasteiger partial charge in [0.25, 0.3) is 0 Å². The number of hydrogen-bond acceptors (Lipinski definition) is 3. The number of amides is 1. The highest BCUT2D eigenvalue weighted by Crippen LogP contribution is 2.33. The average molecular weight is 301 g/mol. The van der Waals surface area contributed by atoms with E-state index in [2.05, 4.69) is 42.4 Å². The molecule has 22 heavy (non-hydrogen) atoms. The van der Waals surface area contributed by atoms with E-state index in [9.17, 15) is 4.79 Å². The summed E-state index contributed by atoms with van der Waals surface area (Å²) in [6.07, 6.45) is 2.88. The Balaban J connectivity index is 1.75. The number of anilines is 2. The van der Waals surface area contributed by atoms with E-state index in [1.165, 1.54) is 12.1 Å². The van der Waals surface area contributed by atoms with Gasteiger partial charge in [0.05, 0.1) is 11.4 Å². The SMILES string of the molecule is CC1CN(C)c2ccccc2N(C(=O)CCC2CCNC2)C1. The minimum atomic E-state index is 0.279. The fourth-order valence-electron chi connectivity index (χ4n) is 3.71. The molecule has 0 spiro atoms. The lowest BCUT2D eigenvalue weighted by molar-refractivity contribution is -0.119. The molecule has 4 nitrogen and oxygen atoms in total. The van der Waals surface area contributed by atoms with E-state index in [-0.39, 0.29) is 5.91 Å². The van der Waals surface area contributed by atoms with Gasteiger partial charge in [0.2, 0.25) is 5.91 Å². The van der Waals surface area contributed by atoms with Crippen LogP contribution in [0.2, 0.25) is 0 Å². The van der Waals surface area contributed by atoms with Gasteiger partial charge < -0.3 is 15.1 Å². The van der Waals surface area contributed by atoms with Crippen LogP contribution < -0.4 is 15.1 Å². The predicted molar refractivity (Wildman–Crippen MR) is 91.4 cm³/mol. The zero-order valence-corrected chi connectivity index (χ0v) is 13.7. The minimum absolute atomic E-state index is 0.279. The normalized spacial score (nSPS) is 25.0. The molecular formula is C18H27N3O. The molecule has 2 unspecified atom stereocenters. The molecule has 2 heterocycles. The maximum absolute atomic E-state index is 12.8. The number of nitrogens with one attached hydrogen (secondary N) is 1. The Morgan fingerprint density at radius 2 is 2.05 bits per heavy atom. The maximum Gasteiger partial charge on any atom is 0.227 e. The molecule has 1 N–H and O–H groups in total. The van der Waals surface area contributed by atoms with Crippen LogP contribution in [-0.4, -0.2) is 39.1 Å². The van der Waals surface area contributed by atoms with Crippen molar-refractivity contribution in [1.29, 1.82) is 0 Å². The number of carbonyl (C=O) groups excluding carboxylic acids is 1. The van der Waals surface area contributed by atoms with Crippen LogP contribution in [0.5, 0.6) is 0 Å². The molecule has 0 saturated carbocycles. The van der Waals surface area contributed by atoms with Crippen LogP contribution >= 0.6 is 0 Å². The quantitative estimate of drug-likeness (QED) is 0.932. The zero-order chi connectivity index (χ0) is 15.5. The second-order valence-electron chi connectivity index (χ2n) is 6.88. The summed E-state index contributed by atoms with van der Waals surface area (Å²) in [7, 11) is 2.12. The molecule has 0 aromatic heterocycles. The van der Waals surface area contributed by atoms with Gasteiger partial charge in [-0.15, -0.1) is 0 Å². The van der Waals surface area contributed by atoms with Gasteiger partial charge in [-0.25, -0.2) is 0 Å². The van der Waals surface area contributed by atoms with E-state index >= 15 is 0 Å². The molecule has 2 aliphatic heterocycles. The lowest BCUT2D eigenvalue weighted by Gasteiger charge is -2.25. The molecule has 1 amide bonds. The lowest BCUT2D eigenvalue weighted by atomic mass is 10.0.